The van der Waals surface area contributed by atoms with E-state index in [-0.39, 0.29) is 12.1 Å². The van der Waals surface area contributed by atoms with Crippen LogP contribution in [-0.2, 0) is 24.2 Å². The molecule has 1 aromatic carbocycles. The van der Waals surface area contributed by atoms with Gasteiger partial charge >= 0.3 is 5.97 Å². The van der Waals surface area contributed by atoms with Crippen LogP contribution in [0.3, 0.4) is 0 Å². The number of halogens is 1. The van der Waals surface area contributed by atoms with E-state index >= 15 is 0 Å². The molecule has 0 spiro atoms. The third-order valence-electron chi connectivity index (χ3n) is 4.47. The number of benzene rings is 1. The Balaban J connectivity index is 1.91. The number of fused-ring (bicyclic) bond motifs is 1. The van der Waals surface area contributed by atoms with Gasteiger partial charge in [-0.05, 0) is 55.0 Å². The first-order valence-corrected chi connectivity index (χ1v) is 8.82. The highest BCUT2D eigenvalue weighted by Crippen LogP contribution is 2.19. The van der Waals surface area contributed by atoms with Crippen LogP contribution >= 0.6 is 11.6 Å². The highest BCUT2D eigenvalue weighted by Gasteiger charge is 2.23. The number of hydrogen-bond donors (Lipinski definition) is 2. The molecule has 26 heavy (non-hydrogen) atoms. The van der Waals surface area contributed by atoms with E-state index in [0.29, 0.717) is 5.02 Å². The summed E-state index contributed by atoms with van der Waals surface area (Å²) in [5.74, 6) is -1.72. The zero-order valence-corrected chi connectivity index (χ0v) is 14.9. The van der Waals surface area contributed by atoms with Crippen molar-refractivity contribution in [2.75, 3.05) is 6.54 Å². The van der Waals surface area contributed by atoms with Gasteiger partial charge in [0.05, 0.1) is 0 Å². The first-order valence-electron chi connectivity index (χ1n) is 8.44. The molecule has 1 amide bonds. The van der Waals surface area contributed by atoms with E-state index in [9.17, 15) is 14.4 Å². The summed E-state index contributed by atoms with van der Waals surface area (Å²) in [6, 6.07) is 8.41. The summed E-state index contributed by atoms with van der Waals surface area (Å²) in [5.41, 5.74) is 2.09. The summed E-state index contributed by atoms with van der Waals surface area (Å²) < 4.78 is 0. The Labute approximate surface area is 155 Å². The summed E-state index contributed by atoms with van der Waals surface area (Å²) >= 11 is 5.86. The van der Waals surface area contributed by atoms with Gasteiger partial charge in [-0.1, -0.05) is 23.7 Å². The number of aryl methyl sites for hydroxylation is 2. The van der Waals surface area contributed by atoms with Crippen LogP contribution in [-0.4, -0.2) is 33.4 Å². The van der Waals surface area contributed by atoms with Crippen LogP contribution in [0, 0.1) is 0 Å². The number of pyridine rings is 1. The lowest BCUT2D eigenvalue weighted by Gasteiger charge is -2.22. The second-order valence-electron chi connectivity index (χ2n) is 6.40. The number of aromatic amines is 1. The van der Waals surface area contributed by atoms with Crippen LogP contribution in [0.15, 0.2) is 35.1 Å². The minimum absolute atomic E-state index is 0.0131. The first kappa shape index (κ1) is 18.2. The van der Waals surface area contributed by atoms with Crippen molar-refractivity contribution in [2.45, 2.75) is 32.2 Å². The van der Waals surface area contributed by atoms with E-state index in [1.807, 2.05) is 0 Å². The number of carboxylic acids is 1. The maximum atomic E-state index is 12.9. The predicted molar refractivity (Wildman–Crippen MR) is 97.5 cm³/mol. The van der Waals surface area contributed by atoms with E-state index in [1.54, 1.807) is 30.3 Å². The molecule has 1 heterocycles. The normalized spacial score (nSPS) is 13.1. The first-order chi connectivity index (χ1) is 12.4. The third kappa shape index (κ3) is 4.14. The Morgan fingerprint density at radius 3 is 2.54 bits per heavy atom. The van der Waals surface area contributed by atoms with Crippen molar-refractivity contribution in [1.82, 2.24) is 9.88 Å². The number of H-pyrrole nitrogens is 1. The molecule has 0 aliphatic heterocycles. The maximum Gasteiger partial charge on any atom is 0.323 e. The lowest BCUT2D eigenvalue weighted by Crippen LogP contribution is -2.38. The molecule has 0 atom stereocenters. The molecule has 136 valence electrons. The van der Waals surface area contributed by atoms with E-state index in [0.717, 1.165) is 47.4 Å². The van der Waals surface area contributed by atoms with Gasteiger partial charge in [0.1, 0.15) is 12.1 Å². The topological polar surface area (TPSA) is 90.5 Å². The summed E-state index contributed by atoms with van der Waals surface area (Å²) in [7, 11) is 0. The van der Waals surface area contributed by atoms with Crippen molar-refractivity contribution >= 4 is 23.5 Å². The number of amides is 1. The van der Waals surface area contributed by atoms with Gasteiger partial charge in [0, 0.05) is 17.3 Å². The monoisotopic (exact) mass is 374 g/mol. The van der Waals surface area contributed by atoms with Crippen molar-refractivity contribution in [1.29, 1.82) is 0 Å². The van der Waals surface area contributed by atoms with Gasteiger partial charge in [0.2, 0.25) is 0 Å². The second kappa shape index (κ2) is 7.74. The summed E-state index contributed by atoms with van der Waals surface area (Å²) in [4.78, 5) is 40.4. The molecule has 0 radical (unpaired) electrons. The van der Waals surface area contributed by atoms with Crippen LogP contribution in [0.1, 0.15) is 40.0 Å². The van der Waals surface area contributed by atoms with Gasteiger partial charge in [0.25, 0.3) is 11.5 Å². The highest BCUT2D eigenvalue weighted by molar-refractivity contribution is 6.30. The summed E-state index contributed by atoms with van der Waals surface area (Å²) in [6.45, 7) is -0.406. The number of aromatic nitrogens is 1. The summed E-state index contributed by atoms with van der Waals surface area (Å²) in [5, 5.41) is 9.71. The molecule has 1 aromatic heterocycles. The minimum atomic E-state index is -1.14. The number of aliphatic carboxylic acids is 1. The lowest BCUT2D eigenvalue weighted by molar-refractivity contribution is -0.137. The minimum Gasteiger partial charge on any atom is -0.480 e. The molecule has 1 aliphatic carbocycles. The molecule has 0 fully saturated rings. The van der Waals surface area contributed by atoms with Crippen LogP contribution < -0.4 is 5.56 Å². The highest BCUT2D eigenvalue weighted by atomic mass is 35.5. The molecule has 0 bridgehead atoms. The number of nitrogens with one attached hydrogen (secondary N) is 1. The molecule has 0 saturated carbocycles. The molecular formula is C19H19ClN2O4. The zero-order chi connectivity index (χ0) is 18.7. The SMILES string of the molecule is O=C(O)CN(Cc1ccc(Cl)cc1)C(=O)c1cc2c([nH]c1=O)CCCC2. The summed E-state index contributed by atoms with van der Waals surface area (Å²) in [6.07, 6.45) is 3.62. The molecule has 0 unspecified atom stereocenters. The van der Waals surface area contributed by atoms with E-state index in [4.69, 9.17) is 16.7 Å². The standard InChI is InChI=1S/C19H19ClN2O4/c20-14-7-5-12(6-8-14)10-22(11-17(23)24)19(26)15-9-13-3-1-2-4-16(13)21-18(15)25/h5-9H,1-4,10-11H2,(H,21,25)(H,23,24). The Bertz CT molecular complexity index is 889. The van der Waals surface area contributed by atoms with Crippen molar-refractivity contribution in [3.05, 3.63) is 68.1 Å². The van der Waals surface area contributed by atoms with Crippen LogP contribution in [0.5, 0.6) is 0 Å². The number of nitrogens with zero attached hydrogens (tertiary/aromatic N) is 1. The van der Waals surface area contributed by atoms with Crippen LogP contribution in [0.2, 0.25) is 5.02 Å². The number of carboxylic acid groups (broad SMARTS) is 1. The number of hydrogen-bond acceptors (Lipinski definition) is 3. The Morgan fingerprint density at radius 2 is 1.85 bits per heavy atom. The van der Waals surface area contributed by atoms with Crippen LogP contribution in [0.4, 0.5) is 0 Å². The van der Waals surface area contributed by atoms with Gasteiger partial charge in [-0.2, -0.15) is 0 Å². The Kier molecular flexibility index (Phi) is 5.42. The molecule has 0 saturated heterocycles. The van der Waals surface area contributed by atoms with E-state index in [1.165, 1.54) is 0 Å². The molecule has 6 nitrogen and oxygen atoms in total. The van der Waals surface area contributed by atoms with E-state index in [2.05, 4.69) is 4.98 Å². The molecule has 1 aliphatic rings. The number of carbonyl (C=O) groups excluding carboxylic acids is 1. The Hall–Kier alpha value is -2.60. The average molecular weight is 375 g/mol. The maximum absolute atomic E-state index is 12.9. The van der Waals surface area contributed by atoms with Gasteiger partial charge in [0.15, 0.2) is 0 Å². The largest absolute Gasteiger partial charge is 0.480 e. The molecular weight excluding hydrogens is 356 g/mol. The third-order valence-corrected chi connectivity index (χ3v) is 4.72. The fraction of sp³-hybridized carbons (Fsp3) is 0.316. The fourth-order valence-electron chi connectivity index (χ4n) is 3.18. The molecule has 3 rings (SSSR count). The quantitative estimate of drug-likeness (QED) is 0.841. The van der Waals surface area contributed by atoms with Crippen molar-refractivity contribution in [3.8, 4) is 0 Å². The second-order valence-corrected chi connectivity index (χ2v) is 6.84. The van der Waals surface area contributed by atoms with Gasteiger partial charge in [-0.15, -0.1) is 0 Å². The molecule has 2 N–H and O–H groups in total. The predicted octanol–water partition coefficient (Wildman–Crippen LogP) is 2.63. The van der Waals surface area contributed by atoms with Crippen LogP contribution in [0.25, 0.3) is 0 Å². The molecule has 2 aromatic rings. The molecule has 7 heteroatoms. The smallest absolute Gasteiger partial charge is 0.323 e. The lowest BCUT2D eigenvalue weighted by atomic mass is 9.95. The van der Waals surface area contributed by atoms with Crippen molar-refractivity contribution in [2.24, 2.45) is 0 Å². The van der Waals surface area contributed by atoms with E-state index < -0.39 is 24.0 Å². The Morgan fingerprint density at radius 1 is 1.15 bits per heavy atom. The average Bonchev–Trinajstić information content (AvgIpc) is 2.61. The number of carbonyl (C=O) groups is 2. The zero-order valence-electron chi connectivity index (χ0n) is 14.1. The van der Waals surface area contributed by atoms with Crippen molar-refractivity contribution < 1.29 is 14.7 Å². The van der Waals surface area contributed by atoms with Gasteiger partial charge in [-0.25, -0.2) is 0 Å². The van der Waals surface area contributed by atoms with Gasteiger partial charge in [-0.3, -0.25) is 14.4 Å². The van der Waals surface area contributed by atoms with Gasteiger partial charge < -0.3 is 15.0 Å². The number of rotatable bonds is 5. The van der Waals surface area contributed by atoms with Crippen molar-refractivity contribution in [3.63, 3.8) is 0 Å². The fourth-order valence-corrected chi connectivity index (χ4v) is 3.30.